The molecule has 3 atom stereocenters. The minimum Gasteiger partial charge on any atom is -0.325 e. The van der Waals surface area contributed by atoms with Gasteiger partial charge in [-0.3, -0.25) is 28.9 Å². The van der Waals surface area contributed by atoms with Crippen LogP contribution in [0.15, 0.2) is 66.7 Å². The lowest BCUT2D eigenvalue weighted by molar-refractivity contribution is -0.149. The summed E-state index contributed by atoms with van der Waals surface area (Å²) in [5.41, 5.74) is -0.434. The standard InChI is InChI=1S/C30H24F3N5O4/c1-34-25-15-30(20-5-3-4-6-23(20)36-29(30)42)16-38(25)27(40)24(13-17-7-9-18(31)10-8-17)37(2)28(41)26(39)35-19-11-12-21(32)22(33)14-19/h3-12,14,24-25H,13,15-16H2,2H3,(H,35,39)(H,36,42)/t24-,25-,30-/m0/s1/i2D3. The molecule has 0 aliphatic carbocycles. The summed E-state index contributed by atoms with van der Waals surface area (Å²) in [5, 5.41) is 4.76. The van der Waals surface area contributed by atoms with Crippen LogP contribution in [0.2, 0.25) is 0 Å². The molecule has 1 spiro atoms. The van der Waals surface area contributed by atoms with Crippen LogP contribution in [-0.2, 0) is 31.0 Å². The third-order valence-electron chi connectivity index (χ3n) is 7.42. The number of nitrogens with zero attached hydrogens (tertiary/aromatic N) is 3. The molecule has 4 amide bonds. The molecular formula is C30H24F3N5O4. The third kappa shape index (κ3) is 5.05. The number of carbonyl (C=O) groups excluding carboxylic acids is 4. The van der Waals surface area contributed by atoms with Crippen LogP contribution in [-0.4, -0.2) is 59.2 Å². The minimum atomic E-state index is -3.41. The van der Waals surface area contributed by atoms with Crippen LogP contribution in [0.4, 0.5) is 24.5 Å². The van der Waals surface area contributed by atoms with Crippen molar-refractivity contribution in [3.8, 4) is 0 Å². The second-order valence-electron chi connectivity index (χ2n) is 9.97. The van der Waals surface area contributed by atoms with Crippen LogP contribution in [0.3, 0.4) is 0 Å². The number of amides is 4. The van der Waals surface area contributed by atoms with Gasteiger partial charge in [-0.15, -0.1) is 0 Å². The number of hydrogen-bond donors (Lipinski definition) is 2. The van der Waals surface area contributed by atoms with E-state index in [2.05, 4.69) is 10.2 Å². The van der Waals surface area contributed by atoms with E-state index in [-0.39, 0.29) is 29.1 Å². The molecule has 2 aliphatic heterocycles. The van der Waals surface area contributed by atoms with Crippen molar-refractivity contribution in [2.75, 3.05) is 24.2 Å². The molecule has 0 aromatic heterocycles. The van der Waals surface area contributed by atoms with Gasteiger partial charge in [0.15, 0.2) is 11.6 Å². The first-order valence-electron chi connectivity index (χ1n) is 14.2. The number of carbonyl (C=O) groups is 4. The van der Waals surface area contributed by atoms with Gasteiger partial charge in [-0.2, -0.15) is 0 Å². The van der Waals surface area contributed by atoms with Gasteiger partial charge in [0.25, 0.3) is 5.91 Å². The molecule has 0 unspecified atom stereocenters. The largest absolute Gasteiger partial charge is 0.325 e. The second kappa shape index (κ2) is 11.0. The highest BCUT2D eigenvalue weighted by atomic mass is 19.2. The number of nitrogens with one attached hydrogen (secondary N) is 2. The molecule has 2 aliphatic rings. The Hall–Kier alpha value is -5.18. The van der Waals surface area contributed by atoms with E-state index in [9.17, 15) is 32.3 Å². The van der Waals surface area contributed by atoms with E-state index in [4.69, 9.17) is 10.7 Å². The zero-order valence-electron chi connectivity index (χ0n) is 24.7. The maximum Gasteiger partial charge on any atom is 0.313 e. The summed E-state index contributed by atoms with van der Waals surface area (Å²) in [4.78, 5) is 58.7. The summed E-state index contributed by atoms with van der Waals surface area (Å²) in [6, 6.07) is 11.6. The number of benzene rings is 3. The van der Waals surface area contributed by atoms with Crippen molar-refractivity contribution < 1.29 is 36.5 Å². The number of likely N-dealkylation sites (N-methyl/N-ethyl adjacent to an activating group) is 1. The zero-order valence-corrected chi connectivity index (χ0v) is 21.7. The van der Waals surface area contributed by atoms with Gasteiger partial charge in [-0.1, -0.05) is 30.3 Å². The molecule has 0 saturated carbocycles. The Morgan fingerprint density at radius 3 is 2.57 bits per heavy atom. The van der Waals surface area contributed by atoms with Crippen molar-refractivity contribution in [1.29, 1.82) is 0 Å². The Morgan fingerprint density at radius 2 is 1.88 bits per heavy atom. The predicted octanol–water partition coefficient (Wildman–Crippen LogP) is 3.48. The summed E-state index contributed by atoms with van der Waals surface area (Å²) in [6.45, 7) is 4.05. The van der Waals surface area contributed by atoms with Crippen molar-refractivity contribution in [3.63, 3.8) is 0 Å². The van der Waals surface area contributed by atoms with E-state index in [1.165, 1.54) is 12.1 Å². The Bertz CT molecular complexity index is 1750. The lowest BCUT2D eigenvalue weighted by atomic mass is 9.80. The Morgan fingerprint density at radius 1 is 1.14 bits per heavy atom. The fourth-order valence-electron chi connectivity index (χ4n) is 5.29. The molecule has 9 nitrogen and oxygen atoms in total. The summed E-state index contributed by atoms with van der Waals surface area (Å²) in [5.74, 6) is -7.99. The number of para-hydroxylation sites is 1. The first-order chi connectivity index (χ1) is 21.2. The summed E-state index contributed by atoms with van der Waals surface area (Å²) in [7, 11) is 0. The van der Waals surface area contributed by atoms with E-state index >= 15 is 0 Å². The molecule has 2 N–H and O–H groups in total. The van der Waals surface area contributed by atoms with Gasteiger partial charge in [0.05, 0.1) is 6.42 Å². The van der Waals surface area contributed by atoms with Gasteiger partial charge in [0.1, 0.15) is 17.3 Å². The number of halogens is 3. The van der Waals surface area contributed by atoms with Crippen LogP contribution in [0.25, 0.3) is 4.85 Å². The normalized spacial score (nSPS) is 20.9. The lowest BCUT2D eigenvalue weighted by Gasteiger charge is -2.31. The zero-order chi connectivity index (χ0) is 32.7. The van der Waals surface area contributed by atoms with Crippen LogP contribution in [0, 0.1) is 24.0 Å². The predicted molar refractivity (Wildman–Crippen MR) is 145 cm³/mol. The molecule has 214 valence electrons. The average Bonchev–Trinajstić information content (AvgIpc) is 3.52. The van der Waals surface area contributed by atoms with Gasteiger partial charge in [-0.25, -0.2) is 19.7 Å². The van der Waals surface area contributed by atoms with Crippen LogP contribution in [0.5, 0.6) is 0 Å². The fourth-order valence-corrected chi connectivity index (χ4v) is 5.29. The van der Waals surface area contributed by atoms with E-state index in [0.29, 0.717) is 23.4 Å². The van der Waals surface area contributed by atoms with Gasteiger partial charge in [0, 0.05) is 41.5 Å². The Balaban J connectivity index is 1.53. The lowest BCUT2D eigenvalue weighted by Crippen LogP contribution is -2.54. The van der Waals surface area contributed by atoms with E-state index in [1.54, 1.807) is 24.3 Å². The first-order valence-corrected chi connectivity index (χ1v) is 12.7. The SMILES string of the molecule is [2H]C([2H])([2H])N(C(=O)C(=O)Nc1ccc(F)c(F)c1)[C@@H](Cc1ccc(F)cc1)C(=O)N1C[C@]2(C[C@H]1[N+]#[C-])C(=O)Nc1ccccc12. The summed E-state index contributed by atoms with van der Waals surface area (Å²) in [6.07, 6.45) is -1.87. The Labute approximate surface area is 242 Å². The number of rotatable bonds is 5. The molecule has 3 aromatic carbocycles. The molecular weight excluding hydrogens is 551 g/mol. The molecule has 0 bridgehead atoms. The topological polar surface area (TPSA) is 103 Å². The van der Waals surface area contributed by atoms with E-state index < -0.39 is 72.1 Å². The second-order valence-corrected chi connectivity index (χ2v) is 9.97. The molecule has 1 saturated heterocycles. The van der Waals surface area contributed by atoms with Crippen LogP contribution >= 0.6 is 0 Å². The van der Waals surface area contributed by atoms with Crippen LogP contribution in [0.1, 0.15) is 21.7 Å². The smallest absolute Gasteiger partial charge is 0.313 e. The number of anilines is 2. The van der Waals surface area contributed by atoms with Gasteiger partial charge < -0.3 is 15.5 Å². The van der Waals surface area contributed by atoms with Crippen molar-refractivity contribution in [3.05, 3.63) is 107 Å². The maximum atomic E-state index is 14.3. The number of hydrogen-bond acceptors (Lipinski definition) is 4. The molecule has 5 rings (SSSR count). The molecule has 2 heterocycles. The highest BCUT2D eigenvalue weighted by Gasteiger charge is 2.59. The van der Waals surface area contributed by atoms with E-state index in [0.717, 1.165) is 23.1 Å². The van der Waals surface area contributed by atoms with E-state index in [1.807, 2.05) is 5.32 Å². The fraction of sp³-hybridized carbons (Fsp3) is 0.233. The molecule has 3 aromatic rings. The highest BCUT2D eigenvalue weighted by Crippen LogP contribution is 2.46. The average molecular weight is 579 g/mol. The maximum absolute atomic E-state index is 14.3. The first kappa shape index (κ1) is 24.6. The Kier molecular flexibility index (Phi) is 6.45. The number of likely N-dealkylation sites (tertiary alicyclic amines) is 1. The molecule has 12 heteroatoms. The highest BCUT2D eigenvalue weighted by molar-refractivity contribution is 6.39. The van der Waals surface area contributed by atoms with Crippen molar-refractivity contribution in [2.24, 2.45) is 0 Å². The van der Waals surface area contributed by atoms with Gasteiger partial charge in [-0.05, 0) is 41.5 Å². The quantitative estimate of drug-likeness (QED) is 0.358. The van der Waals surface area contributed by atoms with Crippen molar-refractivity contribution in [2.45, 2.75) is 30.5 Å². The third-order valence-corrected chi connectivity index (χ3v) is 7.42. The molecule has 42 heavy (non-hydrogen) atoms. The monoisotopic (exact) mass is 578 g/mol. The summed E-state index contributed by atoms with van der Waals surface area (Å²) >= 11 is 0. The van der Waals surface area contributed by atoms with Gasteiger partial charge in [0.2, 0.25) is 5.91 Å². The van der Waals surface area contributed by atoms with Gasteiger partial charge >= 0.3 is 18.0 Å². The minimum absolute atomic E-state index is 0.0720. The molecule has 0 radical (unpaired) electrons. The van der Waals surface area contributed by atoms with Crippen molar-refractivity contribution in [1.82, 2.24) is 9.80 Å². The van der Waals surface area contributed by atoms with Crippen LogP contribution < -0.4 is 10.6 Å². The summed E-state index contributed by atoms with van der Waals surface area (Å²) < 4.78 is 65.2. The van der Waals surface area contributed by atoms with Crippen molar-refractivity contribution >= 4 is 35.0 Å². The molecule has 1 fully saturated rings. The number of fused-ring (bicyclic) bond motifs is 2.